The van der Waals surface area contributed by atoms with Crippen molar-refractivity contribution in [2.45, 2.75) is 51.9 Å². The second kappa shape index (κ2) is 6.72. The van der Waals surface area contributed by atoms with Gasteiger partial charge in [-0.1, -0.05) is 55.8 Å². The lowest BCUT2D eigenvalue weighted by molar-refractivity contribution is 0.381. The minimum atomic E-state index is 0.303. The van der Waals surface area contributed by atoms with Crippen LogP contribution in [0.5, 0.6) is 0 Å². The van der Waals surface area contributed by atoms with Crippen molar-refractivity contribution < 1.29 is 4.52 Å². The first kappa shape index (κ1) is 12.4. The lowest BCUT2D eigenvalue weighted by Gasteiger charge is -1.98. The minimum absolute atomic E-state index is 0.303. The lowest BCUT2D eigenvalue weighted by atomic mass is 10.1. The zero-order valence-electron chi connectivity index (χ0n) is 9.26. The topological polar surface area (TPSA) is 52.0 Å². The summed E-state index contributed by atoms with van der Waals surface area (Å²) >= 11 is 5.89. The molecule has 0 amide bonds. The van der Waals surface area contributed by atoms with E-state index in [1.807, 2.05) is 0 Å². The van der Waals surface area contributed by atoms with Gasteiger partial charge in [0, 0.05) is 6.42 Å². The largest absolute Gasteiger partial charge is 0.380 e. The number of nitrogens with two attached hydrogens (primary N) is 1. The number of nitrogens with zero attached hydrogens (tertiary/aromatic N) is 1. The molecule has 0 spiro atoms. The quantitative estimate of drug-likeness (QED) is 0.725. The summed E-state index contributed by atoms with van der Waals surface area (Å²) in [5.74, 6) is 1.03. The maximum Gasteiger partial charge on any atom is 0.185 e. The van der Waals surface area contributed by atoms with Crippen molar-refractivity contribution in [1.82, 2.24) is 5.16 Å². The van der Waals surface area contributed by atoms with Gasteiger partial charge in [-0.25, -0.2) is 0 Å². The molecule has 0 aromatic carbocycles. The van der Waals surface area contributed by atoms with Crippen molar-refractivity contribution in [3.05, 3.63) is 10.8 Å². The van der Waals surface area contributed by atoms with Gasteiger partial charge in [0.1, 0.15) is 5.02 Å². The molecule has 0 aliphatic heterocycles. The first-order valence-electron chi connectivity index (χ1n) is 5.65. The van der Waals surface area contributed by atoms with Gasteiger partial charge >= 0.3 is 0 Å². The Kier molecular flexibility index (Phi) is 5.54. The summed E-state index contributed by atoms with van der Waals surface area (Å²) in [5.41, 5.74) is 5.47. The third-order valence-electron chi connectivity index (χ3n) is 2.48. The molecule has 1 heterocycles. The van der Waals surface area contributed by atoms with Crippen LogP contribution in [0, 0.1) is 0 Å². The summed E-state index contributed by atoms with van der Waals surface area (Å²) in [6.45, 7) is 2.22. The molecule has 0 radical (unpaired) electrons. The van der Waals surface area contributed by atoms with Crippen LogP contribution < -0.4 is 5.73 Å². The Morgan fingerprint density at radius 2 is 1.87 bits per heavy atom. The fourth-order valence-electron chi connectivity index (χ4n) is 1.55. The van der Waals surface area contributed by atoms with Gasteiger partial charge in [-0.15, -0.1) is 0 Å². The van der Waals surface area contributed by atoms with Crippen molar-refractivity contribution >= 4 is 17.4 Å². The predicted octanol–water partition coefficient (Wildman–Crippen LogP) is 3.81. The standard InChI is InChI=1S/C11H19ClN2O/c1-2-3-4-5-6-7-8-9-10(12)11(13)14-15-9/h2-8H2,1H3,(H2,13,14). The smallest absolute Gasteiger partial charge is 0.185 e. The maximum atomic E-state index is 5.89. The normalized spacial score (nSPS) is 10.8. The molecule has 0 bridgehead atoms. The molecule has 0 aliphatic carbocycles. The number of hydrogen-bond acceptors (Lipinski definition) is 3. The van der Waals surface area contributed by atoms with Crippen LogP contribution in [-0.2, 0) is 6.42 Å². The number of rotatable bonds is 7. The summed E-state index contributed by atoms with van der Waals surface area (Å²) in [6.07, 6.45) is 8.38. The van der Waals surface area contributed by atoms with E-state index in [4.69, 9.17) is 21.9 Å². The molecule has 1 aromatic rings. The first-order valence-corrected chi connectivity index (χ1v) is 6.03. The molecule has 4 heteroatoms. The van der Waals surface area contributed by atoms with E-state index in [0.29, 0.717) is 10.8 Å². The monoisotopic (exact) mass is 230 g/mol. The van der Waals surface area contributed by atoms with Gasteiger partial charge in [-0.2, -0.15) is 0 Å². The SMILES string of the molecule is CCCCCCCCc1onc(N)c1Cl. The lowest BCUT2D eigenvalue weighted by Crippen LogP contribution is -1.86. The molecule has 0 aliphatic rings. The minimum Gasteiger partial charge on any atom is -0.380 e. The average Bonchev–Trinajstić information content (AvgIpc) is 2.54. The highest BCUT2D eigenvalue weighted by atomic mass is 35.5. The van der Waals surface area contributed by atoms with Crippen molar-refractivity contribution in [1.29, 1.82) is 0 Å². The Morgan fingerprint density at radius 1 is 1.20 bits per heavy atom. The van der Waals surface area contributed by atoms with Crippen LogP contribution in [0.4, 0.5) is 5.82 Å². The van der Waals surface area contributed by atoms with E-state index in [-0.39, 0.29) is 0 Å². The molecule has 0 unspecified atom stereocenters. The van der Waals surface area contributed by atoms with Gasteiger partial charge in [-0.3, -0.25) is 0 Å². The number of aryl methyl sites for hydroxylation is 1. The molecule has 1 rings (SSSR count). The number of unbranched alkanes of at least 4 members (excludes halogenated alkanes) is 5. The van der Waals surface area contributed by atoms with Crippen molar-refractivity contribution in [2.75, 3.05) is 5.73 Å². The Balaban J connectivity index is 2.12. The van der Waals surface area contributed by atoms with E-state index < -0.39 is 0 Å². The fraction of sp³-hybridized carbons (Fsp3) is 0.727. The van der Waals surface area contributed by atoms with E-state index in [1.165, 1.54) is 32.1 Å². The summed E-state index contributed by atoms with van der Waals surface area (Å²) in [6, 6.07) is 0. The molecule has 0 saturated carbocycles. The van der Waals surface area contributed by atoms with Gasteiger partial charge in [0.25, 0.3) is 0 Å². The van der Waals surface area contributed by atoms with Gasteiger partial charge in [0.15, 0.2) is 11.6 Å². The first-order chi connectivity index (χ1) is 7.25. The number of nitrogen functional groups attached to an aromatic ring is 1. The van der Waals surface area contributed by atoms with E-state index >= 15 is 0 Å². The summed E-state index contributed by atoms with van der Waals surface area (Å²) in [5, 5.41) is 4.10. The molecule has 0 fully saturated rings. The molecule has 86 valence electrons. The van der Waals surface area contributed by atoms with Crippen LogP contribution in [0.3, 0.4) is 0 Å². The van der Waals surface area contributed by atoms with Crippen LogP contribution >= 0.6 is 11.6 Å². The third-order valence-corrected chi connectivity index (χ3v) is 2.89. The number of aromatic nitrogens is 1. The van der Waals surface area contributed by atoms with Crippen molar-refractivity contribution in [2.24, 2.45) is 0 Å². The Bertz CT molecular complexity index is 286. The highest BCUT2D eigenvalue weighted by Crippen LogP contribution is 2.24. The van der Waals surface area contributed by atoms with Crippen LogP contribution in [0.15, 0.2) is 4.52 Å². The molecule has 1 aromatic heterocycles. The summed E-state index contributed by atoms with van der Waals surface area (Å²) in [7, 11) is 0. The second-order valence-corrected chi connectivity index (χ2v) is 4.20. The van der Waals surface area contributed by atoms with Crippen molar-refractivity contribution in [3.63, 3.8) is 0 Å². The molecule has 2 N–H and O–H groups in total. The third kappa shape index (κ3) is 4.12. The van der Waals surface area contributed by atoms with E-state index in [0.717, 1.165) is 18.6 Å². The Hall–Kier alpha value is -0.700. The van der Waals surface area contributed by atoms with E-state index in [9.17, 15) is 0 Å². The van der Waals surface area contributed by atoms with E-state index in [2.05, 4.69) is 12.1 Å². The average molecular weight is 231 g/mol. The van der Waals surface area contributed by atoms with Crippen LogP contribution in [0.25, 0.3) is 0 Å². The number of anilines is 1. The van der Waals surface area contributed by atoms with Gasteiger partial charge in [0.2, 0.25) is 0 Å². The second-order valence-electron chi connectivity index (χ2n) is 3.82. The molecule has 3 nitrogen and oxygen atoms in total. The summed E-state index contributed by atoms with van der Waals surface area (Å²) in [4.78, 5) is 0. The zero-order valence-corrected chi connectivity index (χ0v) is 10.0. The highest BCUT2D eigenvalue weighted by molar-refractivity contribution is 6.33. The van der Waals surface area contributed by atoms with Crippen LogP contribution in [0.1, 0.15) is 51.2 Å². The number of halogens is 1. The maximum absolute atomic E-state index is 5.89. The zero-order chi connectivity index (χ0) is 11.1. The predicted molar refractivity (Wildman–Crippen MR) is 63.0 cm³/mol. The Morgan fingerprint density at radius 3 is 2.47 bits per heavy atom. The molecule has 0 atom stereocenters. The van der Waals surface area contributed by atoms with E-state index in [1.54, 1.807) is 0 Å². The molecular formula is C11H19ClN2O. The van der Waals surface area contributed by atoms with Gasteiger partial charge in [0.05, 0.1) is 0 Å². The molecular weight excluding hydrogens is 212 g/mol. The van der Waals surface area contributed by atoms with Gasteiger partial charge in [-0.05, 0) is 6.42 Å². The molecule has 0 saturated heterocycles. The highest BCUT2D eigenvalue weighted by Gasteiger charge is 2.10. The van der Waals surface area contributed by atoms with Crippen LogP contribution in [-0.4, -0.2) is 5.16 Å². The summed E-state index contributed by atoms with van der Waals surface area (Å²) < 4.78 is 5.02. The van der Waals surface area contributed by atoms with Gasteiger partial charge < -0.3 is 10.3 Å². The van der Waals surface area contributed by atoms with Crippen molar-refractivity contribution in [3.8, 4) is 0 Å². The van der Waals surface area contributed by atoms with Crippen LogP contribution in [0.2, 0.25) is 5.02 Å². The number of hydrogen-bond donors (Lipinski definition) is 1. The Labute approximate surface area is 96.0 Å². The fourth-order valence-corrected chi connectivity index (χ4v) is 1.71. The molecule has 15 heavy (non-hydrogen) atoms.